The van der Waals surface area contributed by atoms with E-state index < -0.39 is 0 Å². The number of hydrogen-bond acceptors (Lipinski definition) is 2. The van der Waals surface area contributed by atoms with Gasteiger partial charge in [0.15, 0.2) is 0 Å². The molecule has 1 atom stereocenters. The number of likely N-dealkylation sites (N-methyl/N-ethyl adjacent to an activating group) is 1. The molecule has 3 nitrogen and oxygen atoms in total. The average Bonchev–Trinajstić information content (AvgIpc) is 2.54. The third-order valence-corrected chi connectivity index (χ3v) is 4.21. The highest BCUT2D eigenvalue weighted by atomic mass is 19.1. The van der Waals surface area contributed by atoms with Gasteiger partial charge in [0.2, 0.25) is 5.91 Å². The summed E-state index contributed by atoms with van der Waals surface area (Å²) in [5.74, 6) is 0.125. The fraction of sp³-hybridized carbons (Fsp3) is 0.350. The summed E-state index contributed by atoms with van der Waals surface area (Å²) >= 11 is 0. The van der Waals surface area contributed by atoms with Gasteiger partial charge in [-0.2, -0.15) is 0 Å². The molecule has 0 aliphatic rings. The molecule has 2 rings (SSSR count). The first-order valence-corrected chi connectivity index (χ1v) is 8.22. The topological polar surface area (TPSA) is 32.3 Å². The molecule has 2 aromatic rings. The van der Waals surface area contributed by atoms with Crippen LogP contribution in [0.1, 0.15) is 37.8 Å². The summed E-state index contributed by atoms with van der Waals surface area (Å²) in [7, 11) is 1.86. The van der Waals surface area contributed by atoms with Crippen LogP contribution >= 0.6 is 0 Å². The van der Waals surface area contributed by atoms with Crippen molar-refractivity contribution < 1.29 is 9.18 Å². The second kappa shape index (κ2) is 8.06. The van der Waals surface area contributed by atoms with Crippen molar-refractivity contribution in [2.45, 2.75) is 39.3 Å². The molecule has 2 aromatic carbocycles. The second-order valence-electron chi connectivity index (χ2n) is 6.49. The van der Waals surface area contributed by atoms with E-state index in [2.05, 4.69) is 19.2 Å². The van der Waals surface area contributed by atoms with Gasteiger partial charge in [0.25, 0.3) is 0 Å². The molecule has 128 valence electrons. The number of anilines is 1. The second-order valence-corrected chi connectivity index (χ2v) is 6.49. The molecule has 1 N–H and O–H groups in total. The molecule has 0 bridgehead atoms. The zero-order valence-corrected chi connectivity index (χ0v) is 14.7. The van der Waals surface area contributed by atoms with E-state index in [1.165, 1.54) is 17.7 Å². The predicted octanol–water partition coefficient (Wildman–Crippen LogP) is 4.41. The minimum atomic E-state index is -0.321. The van der Waals surface area contributed by atoms with Crippen molar-refractivity contribution in [1.29, 1.82) is 0 Å². The zero-order chi connectivity index (χ0) is 17.7. The van der Waals surface area contributed by atoms with Gasteiger partial charge in [0, 0.05) is 12.2 Å². The van der Waals surface area contributed by atoms with Gasteiger partial charge in [0.1, 0.15) is 5.82 Å². The van der Waals surface area contributed by atoms with E-state index in [0.29, 0.717) is 12.5 Å². The molecule has 1 amide bonds. The summed E-state index contributed by atoms with van der Waals surface area (Å²) in [6.45, 7) is 6.63. The number of carbonyl (C=O) groups excluding carboxylic acids is 1. The number of nitrogens with one attached hydrogen (secondary N) is 1. The van der Waals surface area contributed by atoms with Crippen LogP contribution in [0.2, 0.25) is 0 Å². The van der Waals surface area contributed by atoms with Crippen molar-refractivity contribution >= 4 is 11.6 Å². The SMILES string of the molecule is CC(C)c1ccc(NC(=O)[C@@H](C)N(C)Cc2cccc(F)c2)cc1. The summed E-state index contributed by atoms with van der Waals surface area (Å²) in [4.78, 5) is 14.3. The largest absolute Gasteiger partial charge is 0.325 e. The maximum Gasteiger partial charge on any atom is 0.241 e. The van der Waals surface area contributed by atoms with Gasteiger partial charge in [-0.05, 0) is 55.3 Å². The Hall–Kier alpha value is -2.20. The average molecular weight is 328 g/mol. The highest BCUT2D eigenvalue weighted by Gasteiger charge is 2.18. The number of rotatable bonds is 6. The monoisotopic (exact) mass is 328 g/mol. The van der Waals surface area contributed by atoms with E-state index >= 15 is 0 Å². The van der Waals surface area contributed by atoms with E-state index in [9.17, 15) is 9.18 Å². The van der Waals surface area contributed by atoms with Crippen LogP contribution in [0.25, 0.3) is 0 Å². The van der Waals surface area contributed by atoms with Gasteiger partial charge in [-0.1, -0.05) is 38.1 Å². The highest BCUT2D eigenvalue weighted by Crippen LogP contribution is 2.17. The third kappa shape index (κ3) is 4.90. The number of halogens is 1. The van der Waals surface area contributed by atoms with E-state index in [1.54, 1.807) is 6.07 Å². The predicted molar refractivity (Wildman–Crippen MR) is 96.5 cm³/mol. The van der Waals surface area contributed by atoms with Crippen LogP contribution in [-0.4, -0.2) is 23.9 Å². The van der Waals surface area contributed by atoms with Gasteiger partial charge in [-0.3, -0.25) is 9.69 Å². The van der Waals surface area contributed by atoms with Crippen LogP contribution in [0, 0.1) is 5.82 Å². The minimum absolute atomic E-state index is 0.0776. The maximum absolute atomic E-state index is 13.3. The van der Waals surface area contributed by atoms with Crippen molar-refractivity contribution in [2.24, 2.45) is 0 Å². The first-order chi connectivity index (χ1) is 11.4. The van der Waals surface area contributed by atoms with E-state index in [1.807, 2.05) is 49.2 Å². The Labute approximate surface area is 143 Å². The van der Waals surface area contributed by atoms with Gasteiger partial charge < -0.3 is 5.32 Å². The first kappa shape index (κ1) is 18.1. The Bertz CT molecular complexity index is 682. The lowest BCUT2D eigenvalue weighted by molar-refractivity contribution is -0.120. The van der Waals surface area contributed by atoms with Crippen LogP contribution in [0.5, 0.6) is 0 Å². The van der Waals surface area contributed by atoms with Crippen LogP contribution < -0.4 is 5.32 Å². The number of benzene rings is 2. The van der Waals surface area contributed by atoms with Crippen molar-refractivity contribution in [3.63, 3.8) is 0 Å². The summed E-state index contributed by atoms with van der Waals surface area (Å²) in [6, 6.07) is 14.0. The van der Waals surface area contributed by atoms with Gasteiger partial charge in [-0.25, -0.2) is 4.39 Å². The normalized spacial score (nSPS) is 12.5. The van der Waals surface area contributed by atoms with Crippen LogP contribution in [0.15, 0.2) is 48.5 Å². The molecule has 24 heavy (non-hydrogen) atoms. The molecule has 0 aromatic heterocycles. The number of nitrogens with zero attached hydrogens (tertiary/aromatic N) is 1. The molecular formula is C20H25FN2O. The molecule has 4 heteroatoms. The summed E-state index contributed by atoms with van der Waals surface area (Å²) < 4.78 is 13.3. The summed E-state index contributed by atoms with van der Waals surface area (Å²) in [5, 5.41) is 2.93. The molecule has 0 fully saturated rings. The fourth-order valence-corrected chi connectivity index (χ4v) is 2.46. The zero-order valence-electron chi connectivity index (χ0n) is 14.7. The smallest absolute Gasteiger partial charge is 0.241 e. The molecule has 0 radical (unpaired) electrons. The lowest BCUT2D eigenvalue weighted by Gasteiger charge is -2.24. The van der Waals surface area contributed by atoms with Crippen molar-refractivity contribution in [1.82, 2.24) is 4.90 Å². The van der Waals surface area contributed by atoms with E-state index in [4.69, 9.17) is 0 Å². The Morgan fingerprint density at radius 3 is 2.38 bits per heavy atom. The number of carbonyl (C=O) groups is 1. The fourth-order valence-electron chi connectivity index (χ4n) is 2.46. The van der Waals surface area contributed by atoms with E-state index in [-0.39, 0.29) is 17.8 Å². The van der Waals surface area contributed by atoms with Gasteiger partial charge in [-0.15, -0.1) is 0 Å². The van der Waals surface area contributed by atoms with Crippen LogP contribution in [0.3, 0.4) is 0 Å². The van der Waals surface area contributed by atoms with Crippen molar-refractivity contribution in [3.8, 4) is 0 Å². The molecular weight excluding hydrogens is 303 g/mol. The maximum atomic E-state index is 13.3. The Balaban J connectivity index is 1.95. The molecule has 0 spiro atoms. The van der Waals surface area contributed by atoms with Gasteiger partial charge >= 0.3 is 0 Å². The Kier molecular flexibility index (Phi) is 6.10. The van der Waals surface area contributed by atoms with Crippen LogP contribution in [0.4, 0.5) is 10.1 Å². The Morgan fingerprint density at radius 1 is 1.12 bits per heavy atom. The van der Waals surface area contributed by atoms with Crippen molar-refractivity contribution in [2.75, 3.05) is 12.4 Å². The quantitative estimate of drug-likeness (QED) is 0.852. The van der Waals surface area contributed by atoms with Gasteiger partial charge in [0.05, 0.1) is 6.04 Å². The summed E-state index contributed by atoms with van der Waals surface area (Å²) in [6.07, 6.45) is 0. The third-order valence-electron chi connectivity index (χ3n) is 4.21. The minimum Gasteiger partial charge on any atom is -0.325 e. The molecule has 0 aliphatic carbocycles. The first-order valence-electron chi connectivity index (χ1n) is 8.22. The molecule has 0 unspecified atom stereocenters. The molecule has 0 heterocycles. The van der Waals surface area contributed by atoms with E-state index in [0.717, 1.165) is 11.3 Å². The standard InChI is InChI=1S/C20H25FN2O/c1-14(2)17-8-10-19(11-9-17)22-20(24)15(3)23(4)13-16-6-5-7-18(21)12-16/h5-12,14-15H,13H2,1-4H3,(H,22,24)/t15-/m1/s1. The number of hydrogen-bond donors (Lipinski definition) is 1. The lowest BCUT2D eigenvalue weighted by atomic mass is 10.0. The molecule has 0 aliphatic heterocycles. The van der Waals surface area contributed by atoms with Crippen LogP contribution in [-0.2, 0) is 11.3 Å². The summed E-state index contributed by atoms with van der Waals surface area (Å²) in [5.41, 5.74) is 2.87. The highest BCUT2D eigenvalue weighted by molar-refractivity contribution is 5.94. The Morgan fingerprint density at radius 2 is 1.79 bits per heavy atom. The van der Waals surface area contributed by atoms with Crippen molar-refractivity contribution in [3.05, 3.63) is 65.5 Å². The molecule has 0 saturated carbocycles. The lowest BCUT2D eigenvalue weighted by Crippen LogP contribution is -2.39. The molecule has 0 saturated heterocycles. The number of amides is 1.